The van der Waals surface area contributed by atoms with Crippen molar-refractivity contribution in [2.75, 3.05) is 21.2 Å². The number of nitriles is 1. The minimum Gasteiger partial charge on any atom is -0.496 e. The van der Waals surface area contributed by atoms with Crippen LogP contribution in [0.3, 0.4) is 0 Å². The zero-order valence-corrected chi connectivity index (χ0v) is 10.3. The van der Waals surface area contributed by atoms with Crippen LogP contribution in [0.15, 0.2) is 24.3 Å². The minimum absolute atomic E-state index is 0.505. The molecule has 1 rings (SSSR count). The van der Waals surface area contributed by atoms with Gasteiger partial charge in [-0.15, -0.1) is 0 Å². The fourth-order valence-corrected chi connectivity index (χ4v) is 1.52. The van der Waals surface area contributed by atoms with Crippen molar-refractivity contribution < 1.29 is 4.74 Å². The van der Waals surface area contributed by atoms with Crippen molar-refractivity contribution in [1.29, 1.82) is 5.26 Å². The predicted molar refractivity (Wildman–Crippen MR) is 64.4 cm³/mol. The molecule has 0 radical (unpaired) electrons. The van der Waals surface area contributed by atoms with Crippen LogP contribution >= 0.6 is 0 Å². The SMILES string of the molecule is COc1ccccc1CC(C)(C#N)N(C)C. The Balaban J connectivity index is 3.00. The first kappa shape index (κ1) is 12.5. The molecule has 3 heteroatoms. The second-order valence-electron chi connectivity index (χ2n) is 4.27. The molecule has 1 aromatic rings. The molecule has 0 saturated carbocycles. The summed E-state index contributed by atoms with van der Waals surface area (Å²) in [6.07, 6.45) is 0.653. The summed E-state index contributed by atoms with van der Waals surface area (Å²) in [5.41, 5.74) is 0.553. The fourth-order valence-electron chi connectivity index (χ4n) is 1.52. The molecule has 0 spiro atoms. The molecule has 0 heterocycles. The second-order valence-corrected chi connectivity index (χ2v) is 4.27. The lowest BCUT2D eigenvalue weighted by Gasteiger charge is -2.29. The Morgan fingerprint density at radius 3 is 2.50 bits per heavy atom. The summed E-state index contributed by atoms with van der Waals surface area (Å²) in [5, 5.41) is 9.25. The molecule has 0 aromatic heterocycles. The maximum Gasteiger partial charge on any atom is 0.122 e. The molecule has 3 nitrogen and oxygen atoms in total. The van der Waals surface area contributed by atoms with Crippen molar-refractivity contribution in [3.05, 3.63) is 29.8 Å². The standard InChI is InChI=1S/C13H18N2O/c1-13(10-14,15(2)3)9-11-7-5-6-8-12(11)16-4/h5-8H,9H2,1-4H3. The molecule has 0 fully saturated rings. The summed E-state index contributed by atoms with van der Waals surface area (Å²) < 4.78 is 5.29. The van der Waals surface area contributed by atoms with Crippen LogP contribution in [-0.4, -0.2) is 31.6 Å². The lowest BCUT2D eigenvalue weighted by atomic mass is 9.92. The van der Waals surface area contributed by atoms with E-state index in [0.717, 1.165) is 11.3 Å². The summed E-state index contributed by atoms with van der Waals surface area (Å²) in [6.45, 7) is 1.93. The van der Waals surface area contributed by atoms with E-state index in [2.05, 4.69) is 6.07 Å². The predicted octanol–water partition coefficient (Wildman–Crippen LogP) is 2.08. The molecule has 0 bridgehead atoms. The lowest BCUT2D eigenvalue weighted by molar-refractivity contribution is 0.234. The van der Waals surface area contributed by atoms with Gasteiger partial charge in [0.1, 0.15) is 11.3 Å². The Hall–Kier alpha value is -1.53. The van der Waals surface area contributed by atoms with Gasteiger partial charge in [0, 0.05) is 6.42 Å². The monoisotopic (exact) mass is 218 g/mol. The van der Waals surface area contributed by atoms with Gasteiger partial charge in [-0.2, -0.15) is 5.26 Å². The van der Waals surface area contributed by atoms with Crippen LogP contribution in [-0.2, 0) is 6.42 Å². The van der Waals surface area contributed by atoms with E-state index in [0.29, 0.717) is 6.42 Å². The molecule has 0 aliphatic carbocycles. The van der Waals surface area contributed by atoms with E-state index in [-0.39, 0.29) is 0 Å². The van der Waals surface area contributed by atoms with Gasteiger partial charge in [0.15, 0.2) is 0 Å². The molecular weight excluding hydrogens is 200 g/mol. The average Bonchev–Trinajstić information content (AvgIpc) is 2.29. The van der Waals surface area contributed by atoms with Crippen LogP contribution in [0.1, 0.15) is 12.5 Å². The van der Waals surface area contributed by atoms with Crippen LogP contribution in [0.5, 0.6) is 5.75 Å². The van der Waals surface area contributed by atoms with Crippen LogP contribution < -0.4 is 4.74 Å². The lowest BCUT2D eigenvalue weighted by Crippen LogP contribution is -2.41. The normalized spacial score (nSPS) is 14.2. The number of ether oxygens (including phenoxy) is 1. The molecule has 86 valence electrons. The third-order valence-electron chi connectivity index (χ3n) is 2.96. The van der Waals surface area contributed by atoms with E-state index in [9.17, 15) is 5.26 Å². The Labute approximate surface area is 97.3 Å². The minimum atomic E-state index is -0.505. The maximum atomic E-state index is 9.25. The number of hydrogen-bond acceptors (Lipinski definition) is 3. The number of nitrogens with zero attached hydrogens (tertiary/aromatic N) is 2. The second kappa shape index (κ2) is 5.00. The summed E-state index contributed by atoms with van der Waals surface area (Å²) in [4.78, 5) is 1.93. The molecular formula is C13H18N2O. The van der Waals surface area contributed by atoms with Crippen molar-refractivity contribution in [3.8, 4) is 11.8 Å². The van der Waals surface area contributed by atoms with E-state index < -0.39 is 5.54 Å². The molecule has 0 aliphatic rings. The fraction of sp³-hybridized carbons (Fsp3) is 0.462. The van der Waals surface area contributed by atoms with Crippen molar-refractivity contribution in [3.63, 3.8) is 0 Å². The first-order valence-corrected chi connectivity index (χ1v) is 5.24. The average molecular weight is 218 g/mol. The Morgan fingerprint density at radius 2 is 2.00 bits per heavy atom. The highest BCUT2D eigenvalue weighted by molar-refractivity contribution is 5.35. The van der Waals surface area contributed by atoms with Gasteiger partial charge in [-0.1, -0.05) is 18.2 Å². The zero-order chi connectivity index (χ0) is 12.2. The molecule has 16 heavy (non-hydrogen) atoms. The Bertz CT molecular complexity index is 395. The van der Waals surface area contributed by atoms with E-state index in [4.69, 9.17) is 4.74 Å². The van der Waals surface area contributed by atoms with Crippen molar-refractivity contribution in [2.45, 2.75) is 18.9 Å². The van der Waals surface area contributed by atoms with Crippen LogP contribution in [0.2, 0.25) is 0 Å². The smallest absolute Gasteiger partial charge is 0.122 e. The van der Waals surface area contributed by atoms with E-state index in [1.54, 1.807) is 7.11 Å². The largest absolute Gasteiger partial charge is 0.496 e. The first-order valence-electron chi connectivity index (χ1n) is 5.24. The van der Waals surface area contributed by atoms with E-state index in [1.807, 2.05) is 50.2 Å². The molecule has 1 aromatic carbocycles. The van der Waals surface area contributed by atoms with Gasteiger partial charge < -0.3 is 4.74 Å². The zero-order valence-electron chi connectivity index (χ0n) is 10.3. The van der Waals surface area contributed by atoms with Crippen molar-refractivity contribution in [1.82, 2.24) is 4.90 Å². The number of likely N-dealkylation sites (N-methyl/N-ethyl adjacent to an activating group) is 1. The molecule has 1 unspecified atom stereocenters. The quantitative estimate of drug-likeness (QED) is 0.776. The third kappa shape index (κ3) is 2.53. The van der Waals surface area contributed by atoms with Crippen LogP contribution in [0, 0.1) is 11.3 Å². The highest BCUT2D eigenvalue weighted by atomic mass is 16.5. The van der Waals surface area contributed by atoms with Crippen LogP contribution in [0.4, 0.5) is 0 Å². The highest BCUT2D eigenvalue weighted by Gasteiger charge is 2.27. The first-order chi connectivity index (χ1) is 7.53. The van der Waals surface area contributed by atoms with Crippen LogP contribution in [0.25, 0.3) is 0 Å². The summed E-state index contributed by atoms with van der Waals surface area (Å²) in [5.74, 6) is 0.839. The Morgan fingerprint density at radius 1 is 1.38 bits per heavy atom. The van der Waals surface area contributed by atoms with Gasteiger partial charge in [0.2, 0.25) is 0 Å². The molecule has 0 amide bonds. The summed E-state index contributed by atoms with van der Waals surface area (Å²) in [7, 11) is 5.48. The van der Waals surface area contributed by atoms with E-state index >= 15 is 0 Å². The van der Waals surface area contributed by atoms with Gasteiger partial charge >= 0.3 is 0 Å². The topological polar surface area (TPSA) is 36.3 Å². The molecule has 1 atom stereocenters. The van der Waals surface area contributed by atoms with Gasteiger partial charge in [0.25, 0.3) is 0 Å². The maximum absolute atomic E-state index is 9.25. The molecule has 0 aliphatic heterocycles. The van der Waals surface area contributed by atoms with Gasteiger partial charge in [0.05, 0.1) is 13.2 Å². The van der Waals surface area contributed by atoms with Crippen molar-refractivity contribution >= 4 is 0 Å². The number of para-hydroxylation sites is 1. The summed E-state index contributed by atoms with van der Waals surface area (Å²) in [6, 6.07) is 10.2. The number of benzene rings is 1. The van der Waals surface area contributed by atoms with E-state index in [1.165, 1.54) is 0 Å². The number of hydrogen-bond donors (Lipinski definition) is 0. The Kier molecular flexibility index (Phi) is 3.92. The van der Waals surface area contributed by atoms with Gasteiger partial charge in [-0.3, -0.25) is 4.90 Å². The van der Waals surface area contributed by atoms with Gasteiger partial charge in [-0.25, -0.2) is 0 Å². The third-order valence-corrected chi connectivity index (χ3v) is 2.96. The van der Waals surface area contributed by atoms with Gasteiger partial charge in [-0.05, 0) is 32.6 Å². The van der Waals surface area contributed by atoms with Crippen molar-refractivity contribution in [2.24, 2.45) is 0 Å². The molecule has 0 saturated heterocycles. The summed E-state index contributed by atoms with van der Waals surface area (Å²) >= 11 is 0. The number of rotatable bonds is 4. The number of methoxy groups -OCH3 is 1. The highest BCUT2D eigenvalue weighted by Crippen LogP contribution is 2.24. The molecule has 0 N–H and O–H groups in total.